The van der Waals surface area contributed by atoms with Gasteiger partial charge in [0.15, 0.2) is 0 Å². The van der Waals surface area contributed by atoms with Gasteiger partial charge in [0.05, 0.1) is 17.8 Å². The lowest BCUT2D eigenvalue weighted by molar-refractivity contribution is -0.0339. The standard InChI is InChI=1S/C10H15NO2S/c1-2-10(12,8-3-4-13-5-8)9-6-14-7-11-9/h6-8,12H,2-5H2,1H3. The summed E-state index contributed by atoms with van der Waals surface area (Å²) in [5, 5.41) is 12.5. The van der Waals surface area contributed by atoms with Gasteiger partial charge in [-0.15, -0.1) is 11.3 Å². The molecule has 0 radical (unpaired) electrons. The molecule has 1 aromatic rings. The van der Waals surface area contributed by atoms with Gasteiger partial charge in [-0.05, 0) is 12.8 Å². The minimum Gasteiger partial charge on any atom is -0.383 e. The summed E-state index contributed by atoms with van der Waals surface area (Å²) in [7, 11) is 0. The lowest BCUT2D eigenvalue weighted by Gasteiger charge is -2.30. The maximum atomic E-state index is 10.5. The van der Waals surface area contributed by atoms with Crippen molar-refractivity contribution < 1.29 is 9.84 Å². The monoisotopic (exact) mass is 213 g/mol. The number of hydrogen-bond donors (Lipinski definition) is 1. The van der Waals surface area contributed by atoms with Gasteiger partial charge in [0.1, 0.15) is 5.60 Å². The average Bonchev–Trinajstić information content (AvgIpc) is 2.88. The van der Waals surface area contributed by atoms with Crippen LogP contribution in [-0.2, 0) is 10.3 Å². The lowest BCUT2D eigenvalue weighted by Crippen LogP contribution is -2.35. The Kier molecular flexibility index (Phi) is 2.85. The summed E-state index contributed by atoms with van der Waals surface area (Å²) >= 11 is 1.53. The molecule has 0 aromatic carbocycles. The minimum absolute atomic E-state index is 0.203. The quantitative estimate of drug-likeness (QED) is 0.832. The molecular weight excluding hydrogens is 198 g/mol. The summed E-state index contributed by atoms with van der Waals surface area (Å²) in [5.41, 5.74) is 1.79. The molecule has 0 saturated carbocycles. The predicted octanol–water partition coefficient (Wildman–Crippen LogP) is 1.78. The largest absolute Gasteiger partial charge is 0.383 e. The molecule has 2 unspecified atom stereocenters. The molecule has 0 aliphatic carbocycles. The Morgan fingerprint density at radius 2 is 2.64 bits per heavy atom. The maximum Gasteiger partial charge on any atom is 0.112 e. The first kappa shape index (κ1) is 10.1. The molecule has 1 saturated heterocycles. The highest BCUT2D eigenvalue weighted by molar-refractivity contribution is 7.07. The van der Waals surface area contributed by atoms with E-state index in [1.165, 1.54) is 11.3 Å². The first-order valence-corrected chi connectivity index (χ1v) is 5.90. The Hall–Kier alpha value is -0.450. The highest BCUT2D eigenvalue weighted by Crippen LogP contribution is 2.37. The van der Waals surface area contributed by atoms with E-state index >= 15 is 0 Å². The van der Waals surface area contributed by atoms with E-state index in [0.29, 0.717) is 13.0 Å². The molecule has 0 bridgehead atoms. The van der Waals surface area contributed by atoms with Crippen LogP contribution in [0.15, 0.2) is 10.9 Å². The van der Waals surface area contributed by atoms with E-state index in [4.69, 9.17) is 4.74 Å². The molecule has 1 N–H and O–H groups in total. The van der Waals surface area contributed by atoms with Crippen LogP contribution in [0.2, 0.25) is 0 Å². The third-order valence-corrected chi connectivity index (χ3v) is 3.61. The molecule has 2 heterocycles. The van der Waals surface area contributed by atoms with E-state index in [-0.39, 0.29) is 5.92 Å². The summed E-state index contributed by atoms with van der Waals surface area (Å²) in [4.78, 5) is 4.22. The Bertz CT molecular complexity index is 282. The second-order valence-corrected chi connectivity index (χ2v) is 4.43. The molecule has 1 aliphatic rings. The van der Waals surface area contributed by atoms with Crippen molar-refractivity contribution in [1.82, 2.24) is 4.98 Å². The number of nitrogens with zero attached hydrogens (tertiary/aromatic N) is 1. The van der Waals surface area contributed by atoms with Gasteiger partial charge in [-0.25, -0.2) is 4.98 Å². The van der Waals surface area contributed by atoms with Crippen LogP contribution in [0.3, 0.4) is 0 Å². The van der Waals surface area contributed by atoms with E-state index < -0.39 is 5.60 Å². The van der Waals surface area contributed by atoms with Crippen molar-refractivity contribution >= 4 is 11.3 Å². The number of thiazole rings is 1. The zero-order valence-electron chi connectivity index (χ0n) is 8.27. The fourth-order valence-electron chi connectivity index (χ4n) is 2.02. The van der Waals surface area contributed by atoms with Crippen molar-refractivity contribution in [2.45, 2.75) is 25.4 Å². The molecule has 4 heteroatoms. The van der Waals surface area contributed by atoms with Gasteiger partial charge in [0, 0.05) is 17.9 Å². The normalized spacial score (nSPS) is 26.3. The van der Waals surface area contributed by atoms with Crippen LogP contribution in [-0.4, -0.2) is 23.3 Å². The van der Waals surface area contributed by atoms with Crippen LogP contribution >= 0.6 is 11.3 Å². The molecule has 1 aromatic heterocycles. The molecule has 2 atom stereocenters. The minimum atomic E-state index is -0.781. The van der Waals surface area contributed by atoms with Gasteiger partial charge in [-0.1, -0.05) is 6.92 Å². The van der Waals surface area contributed by atoms with E-state index in [9.17, 15) is 5.11 Å². The molecule has 78 valence electrons. The molecule has 3 nitrogen and oxygen atoms in total. The van der Waals surface area contributed by atoms with Crippen LogP contribution < -0.4 is 0 Å². The number of aromatic nitrogens is 1. The van der Waals surface area contributed by atoms with Crippen LogP contribution in [0.4, 0.5) is 0 Å². The van der Waals surface area contributed by atoms with Crippen LogP contribution in [0, 0.1) is 5.92 Å². The predicted molar refractivity (Wildman–Crippen MR) is 55.2 cm³/mol. The van der Waals surface area contributed by atoms with Crippen molar-refractivity contribution in [3.63, 3.8) is 0 Å². The fourth-order valence-corrected chi connectivity index (χ4v) is 2.65. The number of ether oxygens (including phenoxy) is 1. The summed E-state index contributed by atoms with van der Waals surface area (Å²) in [6, 6.07) is 0. The van der Waals surface area contributed by atoms with E-state index in [0.717, 1.165) is 18.7 Å². The summed E-state index contributed by atoms with van der Waals surface area (Å²) in [6.07, 6.45) is 1.63. The third kappa shape index (κ3) is 1.58. The zero-order chi connectivity index (χ0) is 10.0. The van der Waals surface area contributed by atoms with E-state index in [1.54, 1.807) is 5.51 Å². The van der Waals surface area contributed by atoms with Gasteiger partial charge in [0.25, 0.3) is 0 Å². The van der Waals surface area contributed by atoms with Crippen LogP contribution in [0.5, 0.6) is 0 Å². The maximum absolute atomic E-state index is 10.5. The Labute approximate surface area is 87.7 Å². The second kappa shape index (κ2) is 3.96. The van der Waals surface area contributed by atoms with Gasteiger partial charge in [-0.3, -0.25) is 0 Å². The SMILES string of the molecule is CCC(O)(c1cscn1)C1CCOC1. The highest BCUT2D eigenvalue weighted by Gasteiger charge is 2.40. The summed E-state index contributed by atoms with van der Waals surface area (Å²) in [6.45, 7) is 3.41. The van der Waals surface area contributed by atoms with Crippen molar-refractivity contribution in [2.75, 3.05) is 13.2 Å². The molecule has 1 fully saturated rings. The van der Waals surface area contributed by atoms with Crippen LogP contribution in [0.25, 0.3) is 0 Å². The Morgan fingerprint density at radius 1 is 1.79 bits per heavy atom. The molecule has 0 amide bonds. The van der Waals surface area contributed by atoms with Gasteiger partial charge in [0.2, 0.25) is 0 Å². The first-order valence-electron chi connectivity index (χ1n) is 4.96. The van der Waals surface area contributed by atoms with Gasteiger partial charge >= 0.3 is 0 Å². The van der Waals surface area contributed by atoms with E-state index in [1.807, 2.05) is 12.3 Å². The first-order chi connectivity index (χ1) is 6.77. The third-order valence-electron chi connectivity index (χ3n) is 3.02. The molecule has 1 aliphatic heterocycles. The molecule has 0 spiro atoms. The highest BCUT2D eigenvalue weighted by atomic mass is 32.1. The van der Waals surface area contributed by atoms with Crippen molar-refractivity contribution in [1.29, 1.82) is 0 Å². The molecular formula is C10H15NO2S. The zero-order valence-corrected chi connectivity index (χ0v) is 9.09. The van der Waals surface area contributed by atoms with Crippen molar-refractivity contribution in [3.05, 3.63) is 16.6 Å². The Balaban J connectivity index is 2.24. The molecule has 2 rings (SSSR count). The number of hydrogen-bond acceptors (Lipinski definition) is 4. The van der Waals surface area contributed by atoms with Gasteiger partial charge < -0.3 is 9.84 Å². The smallest absolute Gasteiger partial charge is 0.112 e. The average molecular weight is 213 g/mol. The van der Waals surface area contributed by atoms with Crippen molar-refractivity contribution in [3.8, 4) is 0 Å². The lowest BCUT2D eigenvalue weighted by atomic mass is 9.82. The Morgan fingerprint density at radius 3 is 3.14 bits per heavy atom. The summed E-state index contributed by atoms with van der Waals surface area (Å²) in [5.74, 6) is 0.203. The number of aliphatic hydroxyl groups is 1. The topological polar surface area (TPSA) is 42.4 Å². The fraction of sp³-hybridized carbons (Fsp3) is 0.700. The van der Waals surface area contributed by atoms with Crippen LogP contribution in [0.1, 0.15) is 25.5 Å². The second-order valence-electron chi connectivity index (χ2n) is 3.71. The summed E-state index contributed by atoms with van der Waals surface area (Å²) < 4.78 is 5.32. The van der Waals surface area contributed by atoms with E-state index in [2.05, 4.69) is 4.98 Å². The van der Waals surface area contributed by atoms with Crippen molar-refractivity contribution in [2.24, 2.45) is 5.92 Å². The molecule has 14 heavy (non-hydrogen) atoms. The number of rotatable bonds is 3. The van der Waals surface area contributed by atoms with Gasteiger partial charge in [-0.2, -0.15) is 0 Å².